The standard InChI is InChI=1S/CNS.H3N.Na/c2-1-3;;/h;1H3;/q-1;;/p+1. The smallest absolute Gasteiger partial charge is 0 e. The van der Waals surface area contributed by atoms with Crippen LogP contribution in [0.25, 0.3) is 5.41 Å². The van der Waals surface area contributed by atoms with Crippen molar-refractivity contribution < 1.29 is 0 Å². The van der Waals surface area contributed by atoms with E-state index in [1.807, 2.05) is 0 Å². The summed E-state index contributed by atoms with van der Waals surface area (Å²) < 4.78 is 0. The van der Waals surface area contributed by atoms with Crippen molar-refractivity contribution in [3.63, 3.8) is 0 Å². The fourth-order valence-electron chi connectivity index (χ4n) is 0. The summed E-state index contributed by atoms with van der Waals surface area (Å²) in [7, 11) is 0. The van der Waals surface area contributed by atoms with Gasteiger partial charge in [0.25, 0.3) is 0 Å². The average Bonchev–Trinajstić information content (AvgIpc) is 0.918. The fraction of sp³-hybridized carbons (Fsp3) is 0. The Bertz CT molecular complexity index is 30.6. The zero-order valence-electron chi connectivity index (χ0n) is 3.36. The van der Waals surface area contributed by atoms with Crippen molar-refractivity contribution in [1.29, 1.82) is 0 Å². The molecule has 0 aliphatic heterocycles. The molecular formula is CH4N2NaS. The molecule has 0 aliphatic carbocycles. The van der Waals surface area contributed by atoms with E-state index in [1.165, 1.54) is 5.16 Å². The Morgan fingerprint density at radius 3 is 1.60 bits per heavy atom. The third-order valence-electron chi connectivity index (χ3n) is 0. The van der Waals surface area contributed by atoms with Crippen LogP contribution in [0, 0.1) is 0 Å². The first-order valence-electron chi connectivity index (χ1n) is 0.428. The van der Waals surface area contributed by atoms with Crippen molar-refractivity contribution in [2.75, 3.05) is 0 Å². The van der Waals surface area contributed by atoms with E-state index >= 15 is 0 Å². The topological polar surface area (TPSA) is 58.8 Å². The Morgan fingerprint density at radius 1 is 1.60 bits per heavy atom. The molecule has 0 spiro atoms. The van der Waals surface area contributed by atoms with Crippen LogP contribution in [0.15, 0.2) is 0 Å². The van der Waals surface area contributed by atoms with E-state index in [0.29, 0.717) is 0 Å². The first-order chi connectivity index (χ1) is 1.41. The third kappa shape index (κ3) is 62.8. The van der Waals surface area contributed by atoms with Gasteiger partial charge in [-0.3, -0.25) is 0 Å². The molecule has 4 heteroatoms. The maximum absolute atomic E-state index is 7.13. The van der Waals surface area contributed by atoms with E-state index in [2.05, 4.69) is 12.2 Å². The molecule has 0 aromatic carbocycles. The van der Waals surface area contributed by atoms with Gasteiger partial charge < -0.3 is 11.6 Å². The molecule has 0 saturated carbocycles. The van der Waals surface area contributed by atoms with Crippen molar-refractivity contribution in [3.05, 3.63) is 5.41 Å². The second-order valence-electron chi connectivity index (χ2n) is 0.0913. The fourth-order valence-corrected chi connectivity index (χ4v) is 0. The van der Waals surface area contributed by atoms with Crippen molar-refractivity contribution in [1.82, 2.24) is 6.15 Å². The molecule has 1 radical (unpaired) electrons. The van der Waals surface area contributed by atoms with E-state index in [-0.39, 0.29) is 35.7 Å². The molecule has 0 unspecified atom stereocenters. The minimum Gasteiger partial charge on any atom is -0.753 e. The molecule has 0 aliphatic rings. The van der Waals surface area contributed by atoms with Crippen molar-refractivity contribution in [2.24, 2.45) is 0 Å². The van der Waals surface area contributed by atoms with Gasteiger partial charge in [0.2, 0.25) is 0 Å². The molecule has 0 saturated heterocycles. The largest absolute Gasteiger partial charge is 0.753 e. The van der Waals surface area contributed by atoms with Gasteiger partial charge in [-0.05, 0) is 0 Å². The van der Waals surface area contributed by atoms with Crippen molar-refractivity contribution >= 4 is 46.9 Å². The maximum Gasteiger partial charge on any atom is 0 e. The molecule has 4 N–H and O–H groups in total. The molecule has 25 valence electrons. The Balaban J connectivity index is -0.0000000200. The maximum atomic E-state index is 7.13. The van der Waals surface area contributed by atoms with Gasteiger partial charge in [-0.25, -0.2) is 0 Å². The van der Waals surface area contributed by atoms with Crippen LogP contribution in [-0.4, -0.2) is 34.7 Å². The van der Waals surface area contributed by atoms with Gasteiger partial charge in [-0.1, -0.05) is 12.2 Å². The predicted octanol–water partition coefficient (Wildman–Crippen LogP) is 0.654. The second kappa shape index (κ2) is 21.7. The molecule has 0 fully saturated rings. The number of hydrogen-bond donors (Lipinski definition) is 1. The zero-order chi connectivity index (χ0) is 2.71. The van der Waals surface area contributed by atoms with Gasteiger partial charge in [0.05, 0.1) is 0 Å². The van der Waals surface area contributed by atoms with Gasteiger partial charge in [0, 0.05) is 29.6 Å². The zero-order valence-corrected chi connectivity index (χ0v) is 6.17. The monoisotopic (exact) mass is 99.0 g/mol. The van der Waals surface area contributed by atoms with Crippen LogP contribution in [0.3, 0.4) is 0 Å². The van der Waals surface area contributed by atoms with Crippen LogP contribution in [-0.2, 0) is 0 Å². The van der Waals surface area contributed by atoms with E-state index in [4.69, 9.17) is 5.41 Å². The summed E-state index contributed by atoms with van der Waals surface area (Å²) in [6, 6.07) is 0. The first kappa shape index (κ1) is 17.1. The molecule has 0 amide bonds. The number of isothiocyanates is 1. The Kier molecular flexibility index (Phi) is 74.4. The molecule has 0 aromatic rings. The molecule has 2 nitrogen and oxygen atoms in total. The molecule has 0 rings (SSSR count). The van der Waals surface area contributed by atoms with Crippen molar-refractivity contribution in [3.8, 4) is 0 Å². The number of hydrogen-bond acceptors (Lipinski definition) is 1. The minimum absolute atomic E-state index is 0. The third-order valence-corrected chi connectivity index (χ3v) is 0. The molecule has 0 bridgehead atoms. The minimum atomic E-state index is 0. The number of thiocarbonyl (C=S) groups is 1. The van der Waals surface area contributed by atoms with Crippen LogP contribution >= 0.6 is 12.2 Å². The van der Waals surface area contributed by atoms with E-state index in [0.717, 1.165) is 0 Å². The van der Waals surface area contributed by atoms with Gasteiger partial charge in [-0.15, -0.1) is 0 Å². The molecule has 0 heterocycles. The summed E-state index contributed by atoms with van der Waals surface area (Å²) in [6.07, 6.45) is 0. The van der Waals surface area contributed by atoms with Gasteiger partial charge in [0.15, 0.2) is 0 Å². The number of rotatable bonds is 0. The Hall–Kier alpha value is 0.760. The summed E-state index contributed by atoms with van der Waals surface area (Å²) in [4.78, 5) is 0. The quantitative estimate of drug-likeness (QED) is 0.270. The SMILES string of the molecule is [N-]=C=S.[NH4+].[Na]. The molecule has 0 aromatic heterocycles. The predicted molar refractivity (Wildman–Crippen MR) is 27.7 cm³/mol. The van der Waals surface area contributed by atoms with Crippen molar-refractivity contribution in [2.45, 2.75) is 0 Å². The van der Waals surface area contributed by atoms with Gasteiger partial charge in [-0.2, -0.15) is 5.16 Å². The molecule has 0 atom stereocenters. The average molecular weight is 99.1 g/mol. The summed E-state index contributed by atoms with van der Waals surface area (Å²) in [5.41, 5.74) is 0. The van der Waals surface area contributed by atoms with Crippen LogP contribution < -0.4 is 6.15 Å². The van der Waals surface area contributed by atoms with Crippen LogP contribution in [0.4, 0.5) is 0 Å². The summed E-state index contributed by atoms with van der Waals surface area (Å²) in [5, 5.41) is 8.47. The summed E-state index contributed by atoms with van der Waals surface area (Å²) in [5.74, 6) is 0. The van der Waals surface area contributed by atoms with Gasteiger partial charge >= 0.3 is 0 Å². The molecular weight excluding hydrogens is 95.1 g/mol. The second-order valence-corrected chi connectivity index (χ2v) is 0.274. The Morgan fingerprint density at radius 2 is 1.60 bits per heavy atom. The normalized spacial score (nSPS) is 1.60. The van der Waals surface area contributed by atoms with Crippen LogP contribution in [0.5, 0.6) is 0 Å². The molecule has 5 heavy (non-hydrogen) atoms. The summed E-state index contributed by atoms with van der Waals surface area (Å²) >= 11 is 3.70. The summed E-state index contributed by atoms with van der Waals surface area (Å²) in [6.45, 7) is 0. The van der Waals surface area contributed by atoms with E-state index in [1.54, 1.807) is 0 Å². The Labute approximate surface area is 58.3 Å². The van der Waals surface area contributed by atoms with E-state index in [9.17, 15) is 0 Å². The van der Waals surface area contributed by atoms with E-state index < -0.39 is 0 Å². The number of nitrogens with zero attached hydrogens (tertiary/aromatic N) is 1. The van der Waals surface area contributed by atoms with Crippen LogP contribution in [0.2, 0.25) is 0 Å². The number of quaternary nitrogens is 1. The van der Waals surface area contributed by atoms with Gasteiger partial charge in [0.1, 0.15) is 0 Å². The van der Waals surface area contributed by atoms with Crippen LogP contribution in [0.1, 0.15) is 0 Å². The first-order valence-corrected chi connectivity index (χ1v) is 0.836.